The summed E-state index contributed by atoms with van der Waals surface area (Å²) in [5, 5.41) is 40.6. The summed E-state index contributed by atoms with van der Waals surface area (Å²) in [6.07, 6.45) is 1.78. The number of likely N-dealkylation sites (tertiary alicyclic amines) is 1. The summed E-state index contributed by atoms with van der Waals surface area (Å²) in [5.74, 6) is 0.598. The van der Waals surface area contributed by atoms with Gasteiger partial charge in [-0.2, -0.15) is 0 Å². The predicted molar refractivity (Wildman–Crippen MR) is 112 cm³/mol. The summed E-state index contributed by atoms with van der Waals surface area (Å²) in [4.78, 5) is 11.5. The molecule has 1 aliphatic carbocycles. The van der Waals surface area contributed by atoms with Crippen LogP contribution in [-0.2, 0) is 9.57 Å². The van der Waals surface area contributed by atoms with E-state index >= 15 is 0 Å². The molecule has 0 aromatic carbocycles. The van der Waals surface area contributed by atoms with Crippen LogP contribution < -0.4 is 5.32 Å². The zero-order valence-corrected chi connectivity index (χ0v) is 18.3. The third-order valence-corrected chi connectivity index (χ3v) is 7.49. The highest BCUT2D eigenvalue weighted by Gasteiger charge is 2.59. The molecule has 0 amide bonds. The number of aliphatic imine (C=N–C) groups is 1. The fraction of sp³-hybridized carbons (Fsp3) is 0.900. The number of alkyl halides is 1. The molecule has 4 N–H and O–H groups in total. The van der Waals surface area contributed by atoms with E-state index in [1.54, 1.807) is 13.3 Å². The van der Waals surface area contributed by atoms with Crippen LogP contribution >= 0.6 is 11.6 Å². The summed E-state index contributed by atoms with van der Waals surface area (Å²) >= 11 is 6.20. The van der Waals surface area contributed by atoms with Gasteiger partial charge in [0, 0.05) is 11.9 Å². The number of fused-ring (bicyclic) bond motifs is 1. The molecule has 30 heavy (non-hydrogen) atoms. The van der Waals surface area contributed by atoms with E-state index in [0.29, 0.717) is 19.0 Å². The number of rotatable bonds is 5. The van der Waals surface area contributed by atoms with Gasteiger partial charge in [0.1, 0.15) is 30.6 Å². The van der Waals surface area contributed by atoms with Crippen molar-refractivity contribution in [3.8, 4) is 0 Å². The molecule has 0 aromatic rings. The van der Waals surface area contributed by atoms with E-state index < -0.39 is 30.1 Å². The molecule has 2 unspecified atom stereocenters. The van der Waals surface area contributed by atoms with Crippen molar-refractivity contribution in [2.75, 3.05) is 13.2 Å². The van der Waals surface area contributed by atoms with Crippen LogP contribution in [0.2, 0.25) is 0 Å². The van der Waals surface area contributed by atoms with Gasteiger partial charge in [-0.15, -0.1) is 11.6 Å². The van der Waals surface area contributed by atoms with Gasteiger partial charge in [-0.25, -0.2) is 4.99 Å². The summed E-state index contributed by atoms with van der Waals surface area (Å²) in [5.41, 5.74) is -1.56. The van der Waals surface area contributed by atoms with Crippen LogP contribution in [0, 0.1) is 11.8 Å². The molecule has 0 bridgehead atoms. The highest BCUT2D eigenvalue weighted by atomic mass is 35.5. The normalized spacial score (nSPS) is 46.6. The number of amidine groups is 1. The number of ether oxygens (including phenoxy) is 1. The van der Waals surface area contributed by atoms with Crippen molar-refractivity contribution in [2.45, 2.75) is 87.6 Å². The van der Waals surface area contributed by atoms with Crippen molar-refractivity contribution >= 4 is 23.8 Å². The largest absolute Gasteiger partial charge is 0.395 e. The van der Waals surface area contributed by atoms with Crippen molar-refractivity contribution in [1.82, 2.24) is 10.2 Å². The van der Waals surface area contributed by atoms with Crippen LogP contribution in [0.4, 0.5) is 0 Å². The molecule has 1 saturated carbocycles. The molecule has 4 rings (SSSR count). The van der Waals surface area contributed by atoms with E-state index in [1.165, 1.54) is 0 Å². The average molecular weight is 445 g/mol. The second-order valence-electron chi connectivity index (χ2n) is 8.99. The lowest BCUT2D eigenvalue weighted by Crippen LogP contribution is -2.56. The Morgan fingerprint density at radius 2 is 2.13 bits per heavy atom. The van der Waals surface area contributed by atoms with Crippen molar-refractivity contribution < 1.29 is 24.9 Å². The molecule has 3 aliphatic heterocycles. The minimum absolute atomic E-state index is 0.00128. The first kappa shape index (κ1) is 22.2. The highest BCUT2D eigenvalue weighted by Crippen LogP contribution is 2.42. The SMILES string of the molecule is CCO/N=C1/N=CNC2C1CCN2[C@@H]1O[C@H]([C@H](O)C2CCC(Cl)CC2)[C@@](C)(O)[C@H]1O. The fourth-order valence-electron chi connectivity index (χ4n) is 5.25. The summed E-state index contributed by atoms with van der Waals surface area (Å²) in [6.45, 7) is 4.51. The van der Waals surface area contributed by atoms with Crippen molar-refractivity contribution in [3.05, 3.63) is 0 Å². The fourth-order valence-corrected chi connectivity index (χ4v) is 5.51. The van der Waals surface area contributed by atoms with Gasteiger partial charge in [0.25, 0.3) is 0 Å². The Labute approximate surface area is 182 Å². The molecule has 0 aromatic heterocycles. The minimum atomic E-state index is -1.56. The number of halogens is 1. The van der Waals surface area contributed by atoms with Gasteiger partial charge in [-0.3, -0.25) is 4.90 Å². The molecule has 3 heterocycles. The van der Waals surface area contributed by atoms with Gasteiger partial charge in [0.2, 0.25) is 0 Å². The topological polar surface area (TPSA) is 119 Å². The Bertz CT molecular complexity index is 670. The molecular formula is C20H33ClN4O5. The Morgan fingerprint density at radius 1 is 1.40 bits per heavy atom. The van der Waals surface area contributed by atoms with Crippen LogP contribution in [0.25, 0.3) is 0 Å². The van der Waals surface area contributed by atoms with Gasteiger partial charge < -0.3 is 30.2 Å². The molecule has 7 atom stereocenters. The van der Waals surface area contributed by atoms with Gasteiger partial charge in [0.15, 0.2) is 5.84 Å². The Kier molecular flexibility index (Phi) is 6.58. The van der Waals surface area contributed by atoms with Crippen molar-refractivity contribution in [2.24, 2.45) is 22.0 Å². The van der Waals surface area contributed by atoms with Crippen LogP contribution in [0.3, 0.4) is 0 Å². The lowest BCUT2D eigenvalue weighted by Gasteiger charge is -2.36. The molecule has 3 fully saturated rings. The van der Waals surface area contributed by atoms with Crippen LogP contribution in [0.5, 0.6) is 0 Å². The van der Waals surface area contributed by atoms with Gasteiger partial charge in [-0.05, 0) is 51.9 Å². The lowest BCUT2D eigenvalue weighted by atomic mass is 9.79. The first-order chi connectivity index (χ1) is 14.3. The Hall–Kier alpha value is -0.970. The molecular weight excluding hydrogens is 412 g/mol. The van der Waals surface area contributed by atoms with E-state index in [1.807, 2.05) is 11.8 Å². The number of oxime groups is 1. The maximum absolute atomic E-state index is 11.1. The Morgan fingerprint density at radius 3 is 2.83 bits per heavy atom. The van der Waals surface area contributed by atoms with Crippen LogP contribution in [-0.4, -0.2) is 87.2 Å². The maximum atomic E-state index is 11.1. The van der Waals surface area contributed by atoms with Crippen LogP contribution in [0.1, 0.15) is 46.0 Å². The van der Waals surface area contributed by atoms with Crippen molar-refractivity contribution in [1.29, 1.82) is 0 Å². The third-order valence-electron chi connectivity index (χ3n) is 7.05. The molecule has 0 spiro atoms. The standard InChI is InChI=1S/C20H33ClN4O5/c1-3-29-24-17-13-8-9-25(18(13)23-10-22-17)19-15(27)20(2,28)16(30-19)14(26)11-4-6-12(21)7-5-11/h10-16,18-19,26-28H,3-9H2,1-2H3,(H,22,23,24)/t11?,12?,13?,14-,15+,16-,18?,19-,20+/m1/s1. The number of aliphatic hydroxyl groups excluding tert-OH is 2. The minimum Gasteiger partial charge on any atom is -0.395 e. The smallest absolute Gasteiger partial charge is 0.175 e. The zero-order chi connectivity index (χ0) is 21.5. The quantitative estimate of drug-likeness (QED) is 0.362. The summed E-state index contributed by atoms with van der Waals surface area (Å²) in [7, 11) is 0. The molecule has 4 aliphatic rings. The van der Waals surface area contributed by atoms with E-state index in [0.717, 1.165) is 32.1 Å². The van der Waals surface area contributed by atoms with E-state index in [4.69, 9.17) is 21.2 Å². The van der Waals surface area contributed by atoms with E-state index in [9.17, 15) is 15.3 Å². The predicted octanol–water partition coefficient (Wildman–Crippen LogP) is 0.611. The lowest BCUT2D eigenvalue weighted by molar-refractivity contribution is -0.143. The number of nitrogens with zero attached hydrogens (tertiary/aromatic N) is 3. The summed E-state index contributed by atoms with van der Waals surface area (Å²) < 4.78 is 6.17. The average Bonchev–Trinajstić information content (AvgIpc) is 3.26. The number of aliphatic hydroxyl groups is 3. The molecule has 10 heteroatoms. The zero-order valence-electron chi connectivity index (χ0n) is 17.5. The molecule has 2 saturated heterocycles. The highest BCUT2D eigenvalue weighted by molar-refractivity contribution is 6.20. The first-order valence-electron chi connectivity index (χ1n) is 11.0. The maximum Gasteiger partial charge on any atom is 0.175 e. The van der Waals surface area contributed by atoms with Gasteiger partial charge >= 0.3 is 0 Å². The van der Waals surface area contributed by atoms with Crippen LogP contribution in [0.15, 0.2) is 10.1 Å². The second-order valence-corrected chi connectivity index (χ2v) is 9.61. The van der Waals surface area contributed by atoms with E-state index in [2.05, 4.69) is 15.5 Å². The Balaban J connectivity index is 1.48. The summed E-state index contributed by atoms with van der Waals surface area (Å²) in [6, 6.07) is 0. The first-order valence-corrected chi connectivity index (χ1v) is 11.4. The number of hydrogen-bond acceptors (Lipinski definition) is 8. The second kappa shape index (κ2) is 8.88. The van der Waals surface area contributed by atoms with Gasteiger partial charge in [-0.1, -0.05) is 5.16 Å². The molecule has 9 nitrogen and oxygen atoms in total. The van der Waals surface area contributed by atoms with E-state index in [-0.39, 0.29) is 23.4 Å². The number of nitrogens with one attached hydrogen (secondary N) is 1. The van der Waals surface area contributed by atoms with Gasteiger partial charge in [0.05, 0.1) is 24.5 Å². The molecule has 170 valence electrons. The molecule has 0 radical (unpaired) electrons. The third kappa shape index (κ3) is 3.96. The monoisotopic (exact) mass is 444 g/mol. The van der Waals surface area contributed by atoms with Crippen molar-refractivity contribution in [3.63, 3.8) is 0 Å². The number of hydrogen-bond donors (Lipinski definition) is 4.